The summed E-state index contributed by atoms with van der Waals surface area (Å²) in [6, 6.07) is 4.40. The summed E-state index contributed by atoms with van der Waals surface area (Å²) in [6.07, 6.45) is 3.81. The van der Waals surface area contributed by atoms with Crippen molar-refractivity contribution in [2.45, 2.75) is 32.7 Å². The highest BCUT2D eigenvalue weighted by molar-refractivity contribution is 9.10. The Kier molecular flexibility index (Phi) is 5.42. The topological polar surface area (TPSA) is 50.7 Å². The van der Waals surface area contributed by atoms with Crippen LogP contribution in [0.1, 0.15) is 25.3 Å². The Hall–Kier alpha value is -0.850. The van der Waals surface area contributed by atoms with Gasteiger partial charge in [0.1, 0.15) is 10.7 Å². The van der Waals surface area contributed by atoms with Crippen LogP contribution in [0.15, 0.2) is 22.8 Å². The van der Waals surface area contributed by atoms with Gasteiger partial charge in [0.25, 0.3) is 0 Å². The summed E-state index contributed by atoms with van der Waals surface area (Å²) in [5.41, 5.74) is 0.867. The first-order chi connectivity index (χ1) is 9.16. The second-order valence-corrected chi connectivity index (χ2v) is 6.46. The molecule has 102 valence electrons. The number of halogens is 1. The van der Waals surface area contributed by atoms with Crippen molar-refractivity contribution in [1.29, 1.82) is 0 Å². The van der Waals surface area contributed by atoms with Crippen LogP contribution in [0.3, 0.4) is 0 Å². The van der Waals surface area contributed by atoms with Crippen LogP contribution in [-0.4, -0.2) is 27.8 Å². The molecule has 2 rings (SSSR count). The number of pyridine rings is 1. The van der Waals surface area contributed by atoms with E-state index >= 15 is 0 Å². The quantitative estimate of drug-likeness (QED) is 0.819. The lowest BCUT2D eigenvalue weighted by Crippen LogP contribution is -2.23. The molecule has 0 aromatic carbocycles. The van der Waals surface area contributed by atoms with E-state index in [1.165, 1.54) is 0 Å². The zero-order valence-electron chi connectivity index (χ0n) is 11.1. The van der Waals surface area contributed by atoms with Crippen LogP contribution in [0.5, 0.6) is 0 Å². The van der Waals surface area contributed by atoms with Crippen LogP contribution in [0.25, 0.3) is 10.7 Å². The van der Waals surface area contributed by atoms with Crippen molar-refractivity contribution in [2.75, 3.05) is 6.54 Å². The van der Waals surface area contributed by atoms with Crippen molar-refractivity contribution < 1.29 is 0 Å². The normalized spacial score (nSPS) is 11.2. The third-order valence-electron chi connectivity index (χ3n) is 2.55. The van der Waals surface area contributed by atoms with Gasteiger partial charge in [-0.05, 0) is 41.0 Å². The average Bonchev–Trinajstić information content (AvgIpc) is 2.83. The molecule has 1 N–H and O–H groups in total. The molecule has 0 saturated carbocycles. The molecule has 0 amide bonds. The Morgan fingerprint density at radius 2 is 2.21 bits per heavy atom. The fourth-order valence-corrected chi connectivity index (χ4v) is 3.09. The van der Waals surface area contributed by atoms with E-state index in [4.69, 9.17) is 0 Å². The van der Waals surface area contributed by atoms with Crippen LogP contribution in [0.4, 0.5) is 0 Å². The molecule has 0 spiro atoms. The van der Waals surface area contributed by atoms with Crippen molar-refractivity contribution in [3.8, 4) is 10.7 Å². The van der Waals surface area contributed by atoms with E-state index in [9.17, 15) is 0 Å². The number of nitrogens with zero attached hydrogens (tertiary/aromatic N) is 3. The van der Waals surface area contributed by atoms with Gasteiger partial charge >= 0.3 is 0 Å². The molecule has 6 heteroatoms. The van der Waals surface area contributed by atoms with Gasteiger partial charge in [0, 0.05) is 23.1 Å². The standard InChI is InChI=1S/C13H17BrN4S/c1-9(2)15-7-4-6-11-17-18-13(19-11)12-10(14)5-3-8-16-12/h3,5,8-9,15H,4,6-7H2,1-2H3. The average molecular weight is 341 g/mol. The van der Waals surface area contributed by atoms with E-state index in [0.29, 0.717) is 6.04 Å². The van der Waals surface area contributed by atoms with Crippen LogP contribution in [-0.2, 0) is 6.42 Å². The zero-order chi connectivity index (χ0) is 13.7. The number of aromatic nitrogens is 3. The highest BCUT2D eigenvalue weighted by atomic mass is 79.9. The van der Waals surface area contributed by atoms with Crippen molar-refractivity contribution in [3.05, 3.63) is 27.8 Å². The van der Waals surface area contributed by atoms with Crippen LogP contribution >= 0.6 is 27.3 Å². The first-order valence-electron chi connectivity index (χ1n) is 6.33. The molecule has 0 aliphatic heterocycles. The zero-order valence-corrected chi connectivity index (χ0v) is 13.5. The maximum absolute atomic E-state index is 4.33. The summed E-state index contributed by atoms with van der Waals surface area (Å²) in [5.74, 6) is 0. The molecule has 0 aliphatic carbocycles. The molecule has 4 nitrogen and oxygen atoms in total. The molecule has 0 unspecified atom stereocenters. The highest BCUT2D eigenvalue weighted by Gasteiger charge is 2.10. The monoisotopic (exact) mass is 340 g/mol. The van der Waals surface area contributed by atoms with Crippen LogP contribution in [0.2, 0.25) is 0 Å². The third kappa shape index (κ3) is 4.33. The minimum Gasteiger partial charge on any atom is -0.315 e. The highest BCUT2D eigenvalue weighted by Crippen LogP contribution is 2.28. The fourth-order valence-electron chi connectivity index (χ4n) is 1.62. The Bertz CT molecular complexity index is 527. The van der Waals surface area contributed by atoms with Gasteiger partial charge in [-0.1, -0.05) is 25.2 Å². The Labute approximate surface area is 125 Å². The second-order valence-electron chi connectivity index (χ2n) is 4.55. The maximum atomic E-state index is 4.33. The first kappa shape index (κ1) is 14.6. The summed E-state index contributed by atoms with van der Waals surface area (Å²) >= 11 is 5.10. The molecular weight excluding hydrogens is 324 g/mol. The number of hydrogen-bond donors (Lipinski definition) is 1. The molecule has 19 heavy (non-hydrogen) atoms. The Morgan fingerprint density at radius 1 is 1.37 bits per heavy atom. The molecule has 2 aromatic heterocycles. The molecule has 0 saturated heterocycles. The van der Waals surface area contributed by atoms with Crippen molar-refractivity contribution in [3.63, 3.8) is 0 Å². The third-order valence-corrected chi connectivity index (χ3v) is 4.18. The van der Waals surface area contributed by atoms with Gasteiger partial charge in [-0.15, -0.1) is 10.2 Å². The van der Waals surface area contributed by atoms with Gasteiger partial charge in [-0.25, -0.2) is 0 Å². The largest absolute Gasteiger partial charge is 0.315 e. The van der Waals surface area contributed by atoms with Crippen LogP contribution < -0.4 is 5.32 Å². The van der Waals surface area contributed by atoms with Crippen molar-refractivity contribution in [1.82, 2.24) is 20.5 Å². The molecular formula is C13H17BrN4S. The van der Waals surface area contributed by atoms with E-state index in [2.05, 4.69) is 50.3 Å². The van der Waals surface area contributed by atoms with E-state index in [-0.39, 0.29) is 0 Å². The van der Waals surface area contributed by atoms with E-state index in [1.807, 2.05) is 12.1 Å². The number of rotatable bonds is 6. The lowest BCUT2D eigenvalue weighted by molar-refractivity contribution is 0.569. The smallest absolute Gasteiger partial charge is 0.167 e. The lowest BCUT2D eigenvalue weighted by atomic mass is 10.3. The van der Waals surface area contributed by atoms with Gasteiger partial charge < -0.3 is 5.32 Å². The summed E-state index contributed by atoms with van der Waals surface area (Å²) in [6.45, 7) is 5.32. The SMILES string of the molecule is CC(C)NCCCc1nnc(-c2ncccc2Br)s1. The van der Waals surface area contributed by atoms with E-state index in [0.717, 1.165) is 39.6 Å². The Balaban J connectivity index is 1.94. The molecule has 0 bridgehead atoms. The predicted molar refractivity (Wildman–Crippen MR) is 82.3 cm³/mol. The fraction of sp³-hybridized carbons (Fsp3) is 0.462. The maximum Gasteiger partial charge on any atom is 0.167 e. The molecule has 0 atom stereocenters. The second kappa shape index (κ2) is 7.07. The molecule has 0 fully saturated rings. The summed E-state index contributed by atoms with van der Waals surface area (Å²) in [5, 5.41) is 13.8. The Morgan fingerprint density at radius 3 is 2.95 bits per heavy atom. The predicted octanol–water partition coefficient (Wildman–Crippen LogP) is 3.29. The van der Waals surface area contributed by atoms with Gasteiger partial charge in [0.15, 0.2) is 5.01 Å². The molecule has 0 aliphatic rings. The van der Waals surface area contributed by atoms with Crippen molar-refractivity contribution >= 4 is 27.3 Å². The molecule has 0 radical (unpaired) electrons. The number of aryl methyl sites for hydroxylation is 1. The minimum absolute atomic E-state index is 0.537. The van der Waals surface area contributed by atoms with Gasteiger partial charge in [0.05, 0.1) is 0 Å². The van der Waals surface area contributed by atoms with Gasteiger partial charge in [-0.2, -0.15) is 0 Å². The van der Waals surface area contributed by atoms with E-state index < -0.39 is 0 Å². The van der Waals surface area contributed by atoms with Gasteiger partial charge in [0.2, 0.25) is 0 Å². The number of hydrogen-bond acceptors (Lipinski definition) is 5. The van der Waals surface area contributed by atoms with Crippen molar-refractivity contribution in [2.24, 2.45) is 0 Å². The van der Waals surface area contributed by atoms with Crippen LogP contribution in [0, 0.1) is 0 Å². The lowest BCUT2D eigenvalue weighted by Gasteiger charge is -2.05. The molecule has 2 heterocycles. The summed E-state index contributed by atoms with van der Waals surface area (Å²) in [7, 11) is 0. The molecule has 2 aromatic rings. The first-order valence-corrected chi connectivity index (χ1v) is 7.94. The van der Waals surface area contributed by atoms with E-state index in [1.54, 1.807) is 17.5 Å². The minimum atomic E-state index is 0.537. The summed E-state index contributed by atoms with van der Waals surface area (Å²) < 4.78 is 0.958. The van der Waals surface area contributed by atoms with Gasteiger partial charge in [-0.3, -0.25) is 4.98 Å². The summed E-state index contributed by atoms with van der Waals surface area (Å²) in [4.78, 5) is 4.33. The number of nitrogens with one attached hydrogen (secondary N) is 1.